The molecule has 0 saturated heterocycles. The Hall–Kier alpha value is -1.88. The molecule has 0 aliphatic carbocycles. The van der Waals surface area contributed by atoms with E-state index >= 15 is 0 Å². The number of rotatable bonds is 53. The molecule has 376 valence electrons. The summed E-state index contributed by atoms with van der Waals surface area (Å²) in [4.78, 5) is 25.5. The van der Waals surface area contributed by atoms with Gasteiger partial charge >= 0.3 is 11.9 Å². The highest BCUT2D eigenvalue weighted by Crippen LogP contribution is 2.16. The van der Waals surface area contributed by atoms with Crippen LogP contribution in [0.3, 0.4) is 0 Å². The third kappa shape index (κ3) is 52.7. The van der Waals surface area contributed by atoms with Crippen molar-refractivity contribution in [3.8, 4) is 0 Å². The van der Waals surface area contributed by atoms with Crippen LogP contribution in [0.25, 0.3) is 0 Å². The fourth-order valence-corrected chi connectivity index (χ4v) is 8.36. The van der Waals surface area contributed by atoms with Gasteiger partial charge in [0, 0.05) is 19.4 Å². The first-order chi connectivity index (χ1) is 31.6. The molecule has 0 radical (unpaired) electrons. The summed E-state index contributed by atoms with van der Waals surface area (Å²) in [6, 6.07) is 0. The Kier molecular flexibility index (Phi) is 53.8. The van der Waals surface area contributed by atoms with Crippen molar-refractivity contribution in [1.29, 1.82) is 0 Å². The van der Waals surface area contributed by atoms with E-state index in [0.717, 1.165) is 57.8 Å². The van der Waals surface area contributed by atoms with Gasteiger partial charge < -0.3 is 14.2 Å². The van der Waals surface area contributed by atoms with Crippen LogP contribution in [0.1, 0.15) is 303 Å². The van der Waals surface area contributed by atoms with Crippen LogP contribution < -0.4 is 0 Å². The highest BCUT2D eigenvalue weighted by Gasteiger charge is 2.17. The molecule has 0 aliphatic heterocycles. The zero-order chi connectivity index (χ0) is 46.3. The standard InChI is InChI=1S/C59H110O5/c1-4-7-10-13-16-19-22-25-28-30-32-35-38-41-44-47-50-53-59(61)64-57(55-62-54-51-48-45-42-39-36-33-29-26-23-20-17-14-11-8-5-2)56-63-58(60)52-49-46-43-40-37-34-31-27-24-21-18-15-12-9-6-3/h16,19,25,27-28,31,57H,4-15,17-18,20-24,26,29-30,32-56H2,1-3H3/b19-16-,28-25-,31-27-/t57-/m1/s1. The second-order valence-corrected chi connectivity index (χ2v) is 19.2. The molecule has 0 spiro atoms. The number of unbranched alkanes of at least 4 members (excludes halogenated alkanes) is 36. The fraction of sp³-hybridized carbons (Fsp3) is 0.864. The molecule has 0 N–H and O–H groups in total. The molecule has 0 aromatic carbocycles. The van der Waals surface area contributed by atoms with E-state index in [2.05, 4.69) is 57.2 Å². The first-order valence-corrected chi connectivity index (χ1v) is 28.5. The summed E-state index contributed by atoms with van der Waals surface area (Å²) in [6.07, 6.45) is 67.3. The second-order valence-electron chi connectivity index (χ2n) is 19.2. The van der Waals surface area contributed by atoms with Crippen LogP contribution in [0.4, 0.5) is 0 Å². The molecule has 0 aliphatic rings. The lowest BCUT2D eigenvalue weighted by atomic mass is 10.0. The van der Waals surface area contributed by atoms with Gasteiger partial charge in [0.15, 0.2) is 6.10 Å². The van der Waals surface area contributed by atoms with E-state index < -0.39 is 6.10 Å². The Morgan fingerprint density at radius 2 is 0.656 bits per heavy atom. The first kappa shape index (κ1) is 62.1. The Balaban J connectivity index is 4.26. The smallest absolute Gasteiger partial charge is 0.306 e. The average Bonchev–Trinajstić information content (AvgIpc) is 3.30. The Labute approximate surface area is 400 Å². The number of ether oxygens (including phenoxy) is 3. The number of carbonyl (C=O) groups excluding carboxylic acids is 2. The van der Waals surface area contributed by atoms with Gasteiger partial charge in [-0.25, -0.2) is 0 Å². The lowest BCUT2D eigenvalue weighted by Gasteiger charge is -2.18. The minimum absolute atomic E-state index is 0.0829. The van der Waals surface area contributed by atoms with Crippen molar-refractivity contribution in [2.24, 2.45) is 0 Å². The highest BCUT2D eigenvalue weighted by molar-refractivity contribution is 5.70. The van der Waals surface area contributed by atoms with Crippen LogP contribution in [0, 0.1) is 0 Å². The van der Waals surface area contributed by atoms with Crippen molar-refractivity contribution < 1.29 is 23.8 Å². The van der Waals surface area contributed by atoms with Gasteiger partial charge in [0.05, 0.1) is 6.61 Å². The maximum Gasteiger partial charge on any atom is 0.306 e. The molecule has 0 unspecified atom stereocenters. The average molecular weight is 900 g/mol. The van der Waals surface area contributed by atoms with Gasteiger partial charge in [-0.2, -0.15) is 0 Å². The van der Waals surface area contributed by atoms with Crippen molar-refractivity contribution in [2.75, 3.05) is 19.8 Å². The molecule has 0 heterocycles. The molecule has 0 rings (SSSR count). The summed E-state index contributed by atoms with van der Waals surface area (Å²) in [7, 11) is 0. The highest BCUT2D eigenvalue weighted by atomic mass is 16.6. The molecule has 0 fully saturated rings. The minimum Gasteiger partial charge on any atom is -0.462 e. The quantitative estimate of drug-likeness (QED) is 0.0346. The fourth-order valence-electron chi connectivity index (χ4n) is 8.36. The van der Waals surface area contributed by atoms with Gasteiger partial charge in [-0.1, -0.05) is 250 Å². The van der Waals surface area contributed by atoms with Crippen LogP contribution in [-0.2, 0) is 23.8 Å². The molecule has 1 atom stereocenters. The van der Waals surface area contributed by atoms with Crippen LogP contribution in [-0.4, -0.2) is 37.9 Å². The summed E-state index contributed by atoms with van der Waals surface area (Å²) in [5.41, 5.74) is 0. The van der Waals surface area contributed by atoms with Crippen molar-refractivity contribution >= 4 is 11.9 Å². The van der Waals surface area contributed by atoms with E-state index in [1.807, 2.05) is 0 Å². The molecular formula is C59H110O5. The van der Waals surface area contributed by atoms with Gasteiger partial charge in [-0.05, 0) is 77.0 Å². The number of esters is 2. The number of hydrogen-bond donors (Lipinski definition) is 0. The van der Waals surface area contributed by atoms with Crippen LogP contribution >= 0.6 is 0 Å². The topological polar surface area (TPSA) is 61.8 Å². The van der Waals surface area contributed by atoms with E-state index in [4.69, 9.17) is 14.2 Å². The lowest BCUT2D eigenvalue weighted by molar-refractivity contribution is -0.163. The van der Waals surface area contributed by atoms with Gasteiger partial charge in [-0.3, -0.25) is 9.59 Å². The van der Waals surface area contributed by atoms with Crippen molar-refractivity contribution in [3.05, 3.63) is 36.5 Å². The van der Waals surface area contributed by atoms with Crippen LogP contribution in [0.15, 0.2) is 36.5 Å². The van der Waals surface area contributed by atoms with Gasteiger partial charge in [0.1, 0.15) is 6.61 Å². The van der Waals surface area contributed by atoms with Crippen LogP contribution in [0.5, 0.6) is 0 Å². The normalized spacial score (nSPS) is 12.4. The van der Waals surface area contributed by atoms with E-state index in [9.17, 15) is 9.59 Å². The molecule has 0 saturated carbocycles. The van der Waals surface area contributed by atoms with Gasteiger partial charge in [-0.15, -0.1) is 0 Å². The Morgan fingerprint density at radius 3 is 1.08 bits per heavy atom. The predicted octanol–water partition coefficient (Wildman–Crippen LogP) is 19.4. The Morgan fingerprint density at radius 1 is 0.344 bits per heavy atom. The summed E-state index contributed by atoms with van der Waals surface area (Å²) >= 11 is 0. The van der Waals surface area contributed by atoms with Crippen molar-refractivity contribution in [1.82, 2.24) is 0 Å². The van der Waals surface area contributed by atoms with Crippen molar-refractivity contribution in [2.45, 2.75) is 309 Å². The third-order valence-corrected chi connectivity index (χ3v) is 12.6. The molecule has 0 amide bonds. The van der Waals surface area contributed by atoms with Gasteiger partial charge in [0.25, 0.3) is 0 Å². The van der Waals surface area contributed by atoms with Gasteiger partial charge in [0.2, 0.25) is 0 Å². The van der Waals surface area contributed by atoms with E-state index in [0.29, 0.717) is 19.4 Å². The molecule has 5 heteroatoms. The Bertz CT molecular complexity index is 1020. The third-order valence-electron chi connectivity index (χ3n) is 12.6. The summed E-state index contributed by atoms with van der Waals surface area (Å²) < 4.78 is 17.5. The molecule has 64 heavy (non-hydrogen) atoms. The zero-order valence-corrected chi connectivity index (χ0v) is 43.3. The largest absolute Gasteiger partial charge is 0.462 e. The predicted molar refractivity (Wildman–Crippen MR) is 279 cm³/mol. The van der Waals surface area contributed by atoms with Crippen molar-refractivity contribution in [3.63, 3.8) is 0 Å². The molecule has 0 aromatic rings. The lowest BCUT2D eigenvalue weighted by Crippen LogP contribution is -2.30. The van der Waals surface area contributed by atoms with E-state index in [-0.39, 0.29) is 25.2 Å². The minimum atomic E-state index is -0.539. The van der Waals surface area contributed by atoms with E-state index in [1.54, 1.807) is 0 Å². The maximum atomic E-state index is 12.8. The molecular weight excluding hydrogens is 789 g/mol. The molecule has 5 nitrogen and oxygen atoms in total. The SMILES string of the molecule is CCCCC/C=C\C/C=C\CCCCCCCCCC(=O)O[C@H](COCCCCCCCCCCCCCCCCCC)COC(=O)CCCCCCC/C=C\CCCCCCCC. The number of carbonyl (C=O) groups is 2. The molecule has 0 aromatic heterocycles. The number of allylic oxidation sites excluding steroid dienone is 6. The molecule has 0 bridgehead atoms. The summed E-state index contributed by atoms with van der Waals surface area (Å²) in [6.45, 7) is 7.84. The summed E-state index contributed by atoms with van der Waals surface area (Å²) in [5, 5.41) is 0. The zero-order valence-electron chi connectivity index (χ0n) is 43.3. The van der Waals surface area contributed by atoms with E-state index in [1.165, 1.54) is 212 Å². The first-order valence-electron chi connectivity index (χ1n) is 28.5. The second kappa shape index (κ2) is 55.4. The monoisotopic (exact) mass is 899 g/mol. The maximum absolute atomic E-state index is 12.8. The summed E-state index contributed by atoms with van der Waals surface area (Å²) in [5.74, 6) is -0.398. The van der Waals surface area contributed by atoms with Crippen LogP contribution in [0.2, 0.25) is 0 Å². The number of hydrogen-bond acceptors (Lipinski definition) is 5.